The normalized spacial score (nSPS) is 45.6. The highest BCUT2D eigenvalue weighted by Gasteiger charge is 2.53. The molecule has 0 aromatic heterocycles. The highest BCUT2D eigenvalue weighted by Crippen LogP contribution is 2.42. The van der Waals surface area contributed by atoms with Crippen molar-refractivity contribution in [3.8, 4) is 0 Å². The third-order valence-corrected chi connectivity index (χ3v) is 2.58. The van der Waals surface area contributed by atoms with Crippen molar-refractivity contribution < 1.29 is 19.7 Å². The van der Waals surface area contributed by atoms with Gasteiger partial charge in [-0.1, -0.05) is 13.8 Å². The maximum absolute atomic E-state index is 9.48. The number of aliphatic hydroxyl groups is 2. The van der Waals surface area contributed by atoms with Crippen LogP contribution in [0, 0.1) is 0 Å². The van der Waals surface area contributed by atoms with Crippen molar-refractivity contribution >= 4 is 0 Å². The van der Waals surface area contributed by atoms with E-state index in [-0.39, 0.29) is 6.61 Å². The summed E-state index contributed by atoms with van der Waals surface area (Å²) in [5, 5.41) is 18.6. The van der Waals surface area contributed by atoms with Crippen LogP contribution in [0.3, 0.4) is 0 Å². The second-order valence-corrected chi connectivity index (χ2v) is 3.93. The fourth-order valence-corrected chi connectivity index (χ4v) is 2.07. The fourth-order valence-electron chi connectivity index (χ4n) is 2.07. The van der Waals surface area contributed by atoms with Crippen molar-refractivity contribution in [3.63, 3.8) is 0 Å². The molecular formula is C10H20O4. The first kappa shape index (κ1) is 11.9. The van der Waals surface area contributed by atoms with Crippen molar-refractivity contribution in [3.05, 3.63) is 0 Å². The molecule has 84 valence electrons. The summed E-state index contributed by atoms with van der Waals surface area (Å²) in [6.45, 7) is 6.10. The molecule has 2 saturated heterocycles. The highest BCUT2D eigenvalue weighted by molar-refractivity contribution is 4.96. The Bertz CT molecular complexity index is 197. The first-order valence-corrected chi connectivity index (χ1v) is 5.21. The van der Waals surface area contributed by atoms with Crippen molar-refractivity contribution in [1.29, 1.82) is 0 Å². The highest BCUT2D eigenvalue weighted by atomic mass is 16.8. The number of fused-ring (bicyclic) bond motifs is 2. The van der Waals surface area contributed by atoms with Gasteiger partial charge in [0.1, 0.15) is 5.60 Å². The largest absolute Gasteiger partial charge is 0.393 e. The average molecular weight is 204 g/mol. The molecular weight excluding hydrogens is 184 g/mol. The summed E-state index contributed by atoms with van der Waals surface area (Å²) in [7, 11) is 0. The standard InChI is InChI=1S/C8H14O4.C2H6/c1-7-2-6(10)3-8(4-9,12-7)5-11-7;1-2/h6,9-10H,2-5H2,1H3;1-2H3. The quantitative estimate of drug-likeness (QED) is 0.659. The Kier molecular flexibility index (Phi) is 3.53. The van der Waals surface area contributed by atoms with Crippen molar-refractivity contribution in [2.45, 2.75) is 51.1 Å². The van der Waals surface area contributed by atoms with Crippen molar-refractivity contribution in [2.24, 2.45) is 0 Å². The molecule has 0 radical (unpaired) electrons. The molecule has 2 aliphatic heterocycles. The zero-order valence-electron chi connectivity index (χ0n) is 9.12. The number of hydrogen-bond donors (Lipinski definition) is 2. The van der Waals surface area contributed by atoms with Gasteiger partial charge in [-0.25, -0.2) is 0 Å². The van der Waals surface area contributed by atoms with Gasteiger partial charge in [-0.2, -0.15) is 0 Å². The third kappa shape index (κ3) is 2.08. The first-order valence-electron chi connectivity index (χ1n) is 5.21. The van der Waals surface area contributed by atoms with E-state index in [9.17, 15) is 5.11 Å². The number of hydrogen-bond acceptors (Lipinski definition) is 4. The van der Waals surface area contributed by atoms with E-state index in [0.717, 1.165) is 0 Å². The van der Waals surface area contributed by atoms with Crippen LogP contribution in [-0.2, 0) is 9.47 Å². The molecule has 2 bridgehead atoms. The lowest BCUT2D eigenvalue weighted by Crippen LogP contribution is -2.47. The van der Waals surface area contributed by atoms with E-state index < -0.39 is 17.5 Å². The van der Waals surface area contributed by atoms with E-state index >= 15 is 0 Å². The van der Waals surface area contributed by atoms with Gasteiger partial charge in [0.25, 0.3) is 0 Å². The van der Waals surface area contributed by atoms with E-state index in [0.29, 0.717) is 19.4 Å². The van der Waals surface area contributed by atoms with E-state index in [2.05, 4.69) is 0 Å². The lowest BCUT2D eigenvalue weighted by atomic mass is 9.92. The van der Waals surface area contributed by atoms with Crippen molar-refractivity contribution in [2.75, 3.05) is 13.2 Å². The molecule has 4 nitrogen and oxygen atoms in total. The minimum absolute atomic E-state index is 0.0837. The molecule has 2 fully saturated rings. The van der Waals surface area contributed by atoms with Crippen molar-refractivity contribution in [1.82, 2.24) is 0 Å². The second-order valence-electron chi connectivity index (χ2n) is 3.93. The zero-order valence-corrected chi connectivity index (χ0v) is 9.12. The van der Waals surface area contributed by atoms with Crippen LogP contribution in [0.15, 0.2) is 0 Å². The summed E-state index contributed by atoms with van der Waals surface area (Å²) in [4.78, 5) is 0. The molecule has 14 heavy (non-hydrogen) atoms. The molecule has 0 aromatic carbocycles. The van der Waals surface area contributed by atoms with Crippen LogP contribution in [0.5, 0.6) is 0 Å². The van der Waals surface area contributed by atoms with Gasteiger partial charge in [0, 0.05) is 12.8 Å². The molecule has 0 aromatic rings. The van der Waals surface area contributed by atoms with E-state index in [4.69, 9.17) is 14.6 Å². The topological polar surface area (TPSA) is 58.9 Å². The Morgan fingerprint density at radius 2 is 2.00 bits per heavy atom. The first-order chi connectivity index (χ1) is 6.58. The summed E-state index contributed by atoms with van der Waals surface area (Å²) in [6.07, 6.45) is 0.548. The molecule has 0 aliphatic carbocycles. The van der Waals surface area contributed by atoms with Gasteiger partial charge in [0.15, 0.2) is 5.79 Å². The fraction of sp³-hybridized carbons (Fsp3) is 1.00. The maximum Gasteiger partial charge on any atom is 0.169 e. The Labute approximate surface area is 84.8 Å². The minimum atomic E-state index is -0.680. The Morgan fingerprint density at radius 1 is 1.36 bits per heavy atom. The zero-order chi connectivity index (χ0) is 10.8. The lowest BCUT2D eigenvalue weighted by molar-refractivity contribution is -0.229. The van der Waals surface area contributed by atoms with Crippen LogP contribution in [-0.4, -0.2) is 40.9 Å². The Balaban J connectivity index is 0.000000461. The summed E-state index contributed by atoms with van der Waals surface area (Å²) >= 11 is 0. The maximum atomic E-state index is 9.48. The third-order valence-electron chi connectivity index (χ3n) is 2.58. The molecule has 3 atom stereocenters. The molecule has 2 N–H and O–H groups in total. The van der Waals surface area contributed by atoms with Gasteiger partial charge in [0.2, 0.25) is 0 Å². The molecule has 2 heterocycles. The lowest BCUT2D eigenvalue weighted by Gasteiger charge is -2.37. The Morgan fingerprint density at radius 3 is 2.57 bits per heavy atom. The second kappa shape index (κ2) is 4.14. The number of aliphatic hydroxyl groups excluding tert-OH is 2. The van der Waals surface area contributed by atoms with Gasteiger partial charge in [-0.05, 0) is 6.92 Å². The summed E-state index contributed by atoms with van der Waals surface area (Å²) in [6, 6.07) is 0. The van der Waals surface area contributed by atoms with Crippen LogP contribution in [0.4, 0.5) is 0 Å². The predicted octanol–water partition coefficient (Wildman–Crippen LogP) is 0.661. The number of rotatable bonds is 1. The molecule has 0 spiro atoms. The van der Waals surface area contributed by atoms with Gasteiger partial charge in [-0.3, -0.25) is 0 Å². The van der Waals surface area contributed by atoms with Crippen LogP contribution in [0.2, 0.25) is 0 Å². The van der Waals surface area contributed by atoms with E-state index in [1.54, 1.807) is 6.92 Å². The van der Waals surface area contributed by atoms with Gasteiger partial charge >= 0.3 is 0 Å². The van der Waals surface area contributed by atoms with Gasteiger partial charge in [0.05, 0.1) is 19.3 Å². The summed E-state index contributed by atoms with van der Waals surface area (Å²) < 4.78 is 10.9. The van der Waals surface area contributed by atoms with Crippen LogP contribution in [0.1, 0.15) is 33.6 Å². The summed E-state index contributed by atoms with van der Waals surface area (Å²) in [5.74, 6) is -0.680. The molecule has 0 saturated carbocycles. The smallest absolute Gasteiger partial charge is 0.169 e. The average Bonchev–Trinajstić information content (AvgIpc) is 2.41. The van der Waals surface area contributed by atoms with E-state index in [1.807, 2.05) is 13.8 Å². The van der Waals surface area contributed by atoms with Gasteiger partial charge in [-0.15, -0.1) is 0 Å². The Hall–Kier alpha value is -0.160. The molecule has 3 unspecified atom stereocenters. The molecule has 0 amide bonds. The van der Waals surface area contributed by atoms with Gasteiger partial charge < -0.3 is 19.7 Å². The molecule has 2 aliphatic rings. The minimum Gasteiger partial charge on any atom is -0.393 e. The monoisotopic (exact) mass is 204 g/mol. The summed E-state index contributed by atoms with van der Waals surface area (Å²) in [5.41, 5.74) is -0.646. The molecule has 4 heteroatoms. The number of ether oxygens (including phenoxy) is 2. The van der Waals surface area contributed by atoms with Crippen LogP contribution < -0.4 is 0 Å². The van der Waals surface area contributed by atoms with E-state index in [1.165, 1.54) is 0 Å². The van der Waals surface area contributed by atoms with Crippen LogP contribution >= 0.6 is 0 Å². The molecule has 2 rings (SSSR count). The SMILES string of the molecule is CC.CC12CC(O)CC(CO)(CO1)O2. The predicted molar refractivity (Wildman–Crippen MR) is 51.8 cm³/mol. The van der Waals surface area contributed by atoms with Crippen LogP contribution in [0.25, 0.3) is 0 Å².